The number of hydrogen-bond acceptors (Lipinski definition) is 5. The maximum absolute atomic E-state index is 5.94. The van der Waals surface area contributed by atoms with Crippen LogP contribution in [0.25, 0.3) is 0 Å². The van der Waals surface area contributed by atoms with Crippen molar-refractivity contribution in [2.45, 2.75) is 33.1 Å². The fourth-order valence-corrected chi connectivity index (χ4v) is 4.14. The second-order valence-corrected chi connectivity index (χ2v) is 7.51. The lowest BCUT2D eigenvalue weighted by molar-refractivity contribution is 0.202. The number of oxime groups is 1. The van der Waals surface area contributed by atoms with Crippen molar-refractivity contribution in [3.05, 3.63) is 30.3 Å². The summed E-state index contributed by atoms with van der Waals surface area (Å²) in [4.78, 5) is 4.84. The average molecular weight is 315 g/mol. The van der Waals surface area contributed by atoms with Crippen molar-refractivity contribution >= 4 is 29.5 Å². The van der Waals surface area contributed by atoms with Crippen molar-refractivity contribution in [3.8, 4) is 0 Å². The van der Waals surface area contributed by atoms with Crippen LogP contribution in [-0.4, -0.2) is 19.6 Å². The van der Waals surface area contributed by atoms with Crippen LogP contribution < -0.4 is 5.30 Å². The third kappa shape index (κ3) is 5.23. The molecular weight excluding hydrogens is 293 g/mol. The molecule has 0 saturated carbocycles. The van der Waals surface area contributed by atoms with Crippen LogP contribution in [0.2, 0.25) is 0 Å². The third-order valence-electron chi connectivity index (χ3n) is 2.53. The summed E-state index contributed by atoms with van der Waals surface area (Å²) in [5, 5.41) is 4.82. The zero-order valence-corrected chi connectivity index (χ0v) is 14.0. The second kappa shape index (κ2) is 9.11. The molecule has 0 heterocycles. The molecule has 0 saturated heterocycles. The quantitative estimate of drug-likeness (QED) is 0.316. The molecule has 0 spiro atoms. The standard InChI is InChI=1S/C14H22NO3PS/c1-4-6-12-14(15-16-3)18-19(20,17-5-2)13-10-8-7-9-11-13/h7-11H,4-6,12H2,1-3H3. The molecule has 1 aromatic carbocycles. The Morgan fingerprint density at radius 1 is 1.25 bits per heavy atom. The fraction of sp³-hybridized carbons (Fsp3) is 0.500. The molecule has 0 aliphatic heterocycles. The Morgan fingerprint density at radius 3 is 2.50 bits per heavy atom. The Bertz CT molecular complexity index is 465. The highest BCUT2D eigenvalue weighted by Crippen LogP contribution is 2.48. The predicted octanol–water partition coefficient (Wildman–Crippen LogP) is 3.82. The van der Waals surface area contributed by atoms with E-state index >= 15 is 0 Å². The molecule has 1 aromatic rings. The monoisotopic (exact) mass is 315 g/mol. The van der Waals surface area contributed by atoms with Gasteiger partial charge in [-0.25, -0.2) is 0 Å². The highest BCUT2D eigenvalue weighted by Gasteiger charge is 2.24. The summed E-state index contributed by atoms with van der Waals surface area (Å²) in [6, 6.07) is 9.66. The van der Waals surface area contributed by atoms with Crippen LogP contribution in [-0.2, 0) is 25.7 Å². The van der Waals surface area contributed by atoms with E-state index in [4.69, 9.17) is 25.7 Å². The lowest BCUT2D eigenvalue weighted by Crippen LogP contribution is -2.14. The van der Waals surface area contributed by atoms with Gasteiger partial charge in [0.15, 0.2) is 0 Å². The van der Waals surface area contributed by atoms with Crippen LogP contribution in [0.15, 0.2) is 35.5 Å². The van der Waals surface area contributed by atoms with Crippen LogP contribution >= 0.6 is 6.49 Å². The molecule has 0 amide bonds. The second-order valence-electron chi connectivity index (χ2n) is 4.11. The largest absolute Gasteiger partial charge is 0.423 e. The minimum absolute atomic E-state index is 0.500. The Balaban J connectivity index is 2.95. The van der Waals surface area contributed by atoms with Crippen molar-refractivity contribution in [1.29, 1.82) is 0 Å². The highest BCUT2D eigenvalue weighted by atomic mass is 32.5. The number of unbranched alkanes of at least 4 members (excludes halogenated alkanes) is 1. The van der Waals surface area contributed by atoms with E-state index in [1.165, 1.54) is 7.11 Å². The zero-order valence-electron chi connectivity index (χ0n) is 12.2. The normalized spacial score (nSPS) is 14.7. The Morgan fingerprint density at radius 2 is 1.95 bits per heavy atom. The van der Waals surface area contributed by atoms with Gasteiger partial charge in [-0.2, -0.15) is 0 Å². The van der Waals surface area contributed by atoms with Gasteiger partial charge < -0.3 is 13.9 Å². The highest BCUT2D eigenvalue weighted by molar-refractivity contribution is 8.13. The molecule has 112 valence electrons. The molecule has 0 N–H and O–H groups in total. The minimum Gasteiger partial charge on any atom is -0.423 e. The van der Waals surface area contributed by atoms with Gasteiger partial charge in [-0.3, -0.25) is 0 Å². The van der Waals surface area contributed by atoms with Crippen molar-refractivity contribution < 1.29 is 13.9 Å². The van der Waals surface area contributed by atoms with Gasteiger partial charge in [0.05, 0.1) is 6.61 Å². The van der Waals surface area contributed by atoms with E-state index in [1.807, 2.05) is 37.3 Å². The molecule has 1 rings (SSSR count). The molecule has 0 aliphatic carbocycles. The van der Waals surface area contributed by atoms with Gasteiger partial charge in [-0.15, -0.1) is 0 Å². The molecule has 0 aliphatic rings. The first-order valence-electron chi connectivity index (χ1n) is 6.76. The van der Waals surface area contributed by atoms with Crippen molar-refractivity contribution in [2.75, 3.05) is 13.7 Å². The SMILES string of the molecule is CCCCC(=NOC)OP(=S)(OCC)c1ccccc1. The molecule has 6 heteroatoms. The maximum Gasteiger partial charge on any atom is 0.270 e. The van der Waals surface area contributed by atoms with E-state index in [9.17, 15) is 0 Å². The summed E-state index contributed by atoms with van der Waals surface area (Å²) >= 11 is 5.64. The van der Waals surface area contributed by atoms with Gasteiger partial charge in [0.25, 0.3) is 6.49 Å². The average Bonchev–Trinajstić information content (AvgIpc) is 2.46. The zero-order chi connectivity index (χ0) is 14.8. The molecule has 0 bridgehead atoms. The van der Waals surface area contributed by atoms with Crippen LogP contribution in [0, 0.1) is 0 Å². The van der Waals surface area contributed by atoms with Crippen molar-refractivity contribution in [2.24, 2.45) is 5.16 Å². The molecular formula is C14H22NO3PS. The van der Waals surface area contributed by atoms with Crippen LogP contribution in [0.5, 0.6) is 0 Å². The summed E-state index contributed by atoms with van der Waals surface area (Å²) in [7, 11) is 1.50. The van der Waals surface area contributed by atoms with Gasteiger partial charge >= 0.3 is 0 Å². The lowest BCUT2D eigenvalue weighted by atomic mass is 10.2. The van der Waals surface area contributed by atoms with E-state index in [1.54, 1.807) is 0 Å². The van der Waals surface area contributed by atoms with Crippen molar-refractivity contribution in [3.63, 3.8) is 0 Å². The maximum atomic E-state index is 5.94. The van der Waals surface area contributed by atoms with Gasteiger partial charge in [0.2, 0.25) is 5.90 Å². The summed E-state index contributed by atoms with van der Waals surface area (Å²) in [6.45, 7) is 1.95. The summed E-state index contributed by atoms with van der Waals surface area (Å²) in [5.74, 6) is 0.509. The van der Waals surface area contributed by atoms with Crippen LogP contribution in [0.1, 0.15) is 33.1 Å². The molecule has 20 heavy (non-hydrogen) atoms. The number of benzene rings is 1. The van der Waals surface area contributed by atoms with Crippen LogP contribution in [0.4, 0.5) is 0 Å². The molecule has 1 unspecified atom stereocenters. The van der Waals surface area contributed by atoms with E-state index in [2.05, 4.69) is 12.1 Å². The van der Waals surface area contributed by atoms with Gasteiger partial charge in [-0.05, 0) is 37.3 Å². The molecule has 0 fully saturated rings. The lowest BCUT2D eigenvalue weighted by Gasteiger charge is -2.23. The van der Waals surface area contributed by atoms with E-state index < -0.39 is 6.49 Å². The first kappa shape index (κ1) is 17.2. The smallest absolute Gasteiger partial charge is 0.270 e. The van der Waals surface area contributed by atoms with Crippen LogP contribution in [0.3, 0.4) is 0 Å². The Kier molecular flexibility index (Phi) is 7.82. The van der Waals surface area contributed by atoms with Gasteiger partial charge in [0, 0.05) is 11.7 Å². The predicted molar refractivity (Wildman–Crippen MR) is 87.0 cm³/mol. The molecule has 0 aromatic heterocycles. The van der Waals surface area contributed by atoms with Crippen molar-refractivity contribution in [1.82, 2.24) is 0 Å². The van der Waals surface area contributed by atoms with E-state index in [0.29, 0.717) is 18.9 Å². The summed E-state index contributed by atoms with van der Waals surface area (Å²) in [5.41, 5.74) is 0. The first-order chi connectivity index (χ1) is 9.66. The Hall–Kier alpha value is -0.900. The van der Waals surface area contributed by atoms with E-state index in [0.717, 1.165) is 18.1 Å². The third-order valence-corrected chi connectivity index (χ3v) is 5.69. The van der Waals surface area contributed by atoms with E-state index in [-0.39, 0.29) is 0 Å². The van der Waals surface area contributed by atoms with Gasteiger partial charge in [-0.1, -0.05) is 36.7 Å². The number of rotatable bonds is 8. The van der Waals surface area contributed by atoms with Gasteiger partial charge in [0.1, 0.15) is 7.11 Å². The number of nitrogens with zero attached hydrogens (tertiary/aromatic N) is 1. The minimum atomic E-state index is -2.58. The molecule has 0 radical (unpaired) electrons. The first-order valence-corrected chi connectivity index (χ1v) is 9.40. The topological polar surface area (TPSA) is 40.0 Å². The number of hydrogen-bond donors (Lipinski definition) is 0. The molecule has 1 atom stereocenters. The fourth-order valence-electron chi connectivity index (χ4n) is 1.61. The Labute approximate surface area is 126 Å². The molecule has 4 nitrogen and oxygen atoms in total. The summed E-state index contributed by atoms with van der Waals surface area (Å²) < 4.78 is 11.7. The summed E-state index contributed by atoms with van der Waals surface area (Å²) in [6.07, 6.45) is 2.72.